The number of fused-ring (bicyclic) bond motifs is 1. The van der Waals surface area contributed by atoms with E-state index in [0.717, 1.165) is 10.9 Å². The summed E-state index contributed by atoms with van der Waals surface area (Å²) in [6.07, 6.45) is 6.93. The maximum Gasteiger partial charge on any atom is 0.271 e. The highest BCUT2D eigenvalue weighted by Crippen LogP contribution is 2.17. The van der Waals surface area contributed by atoms with E-state index in [4.69, 9.17) is 0 Å². The zero-order valence-electron chi connectivity index (χ0n) is 16.5. The highest BCUT2D eigenvalue weighted by molar-refractivity contribution is 6.07. The van der Waals surface area contributed by atoms with Crippen LogP contribution in [0.15, 0.2) is 73.4 Å². The lowest BCUT2D eigenvalue weighted by Crippen LogP contribution is -2.41. The van der Waals surface area contributed by atoms with Gasteiger partial charge >= 0.3 is 0 Å². The Morgan fingerprint density at radius 2 is 1.84 bits per heavy atom. The van der Waals surface area contributed by atoms with Crippen molar-refractivity contribution in [3.63, 3.8) is 0 Å². The summed E-state index contributed by atoms with van der Waals surface area (Å²) in [4.78, 5) is 44.0. The number of benzene rings is 2. The maximum atomic E-state index is 12.4. The van der Waals surface area contributed by atoms with Crippen molar-refractivity contribution in [3.05, 3.63) is 84.6 Å². The number of aromatic amines is 1. The van der Waals surface area contributed by atoms with Crippen molar-refractivity contribution in [1.82, 2.24) is 25.4 Å². The van der Waals surface area contributed by atoms with Crippen molar-refractivity contribution in [2.45, 2.75) is 13.0 Å². The van der Waals surface area contributed by atoms with Gasteiger partial charge < -0.3 is 14.9 Å². The molecule has 0 spiro atoms. The van der Waals surface area contributed by atoms with Crippen LogP contribution < -0.4 is 16.2 Å². The third-order valence-corrected chi connectivity index (χ3v) is 4.69. The van der Waals surface area contributed by atoms with Gasteiger partial charge in [0.25, 0.3) is 11.8 Å². The molecule has 0 aliphatic carbocycles. The number of carbonyl (C=O) groups excluding carboxylic acids is 3. The number of aryl methyl sites for hydroxylation is 1. The Morgan fingerprint density at radius 3 is 2.68 bits per heavy atom. The number of hydrogen-bond acceptors (Lipinski definition) is 4. The molecule has 156 valence electrons. The second kappa shape index (κ2) is 8.95. The van der Waals surface area contributed by atoms with Crippen LogP contribution in [0.25, 0.3) is 10.9 Å². The molecule has 0 radical (unpaired) electrons. The van der Waals surface area contributed by atoms with Gasteiger partial charge in [-0.3, -0.25) is 25.2 Å². The summed E-state index contributed by atoms with van der Waals surface area (Å²) in [6, 6.07) is 13.9. The maximum absolute atomic E-state index is 12.4. The molecular formula is C22H20N6O3. The van der Waals surface area contributed by atoms with Gasteiger partial charge in [0.05, 0.1) is 11.9 Å². The molecule has 0 atom stereocenters. The average molecular weight is 416 g/mol. The molecule has 4 rings (SSSR count). The first-order valence-electron chi connectivity index (χ1n) is 9.62. The van der Waals surface area contributed by atoms with Gasteiger partial charge in [0, 0.05) is 53.7 Å². The summed E-state index contributed by atoms with van der Waals surface area (Å²) in [5.74, 6) is -1.11. The zero-order chi connectivity index (χ0) is 21.6. The van der Waals surface area contributed by atoms with Crippen molar-refractivity contribution >= 4 is 34.3 Å². The van der Waals surface area contributed by atoms with E-state index in [0.29, 0.717) is 23.4 Å². The van der Waals surface area contributed by atoms with Crippen LogP contribution in [0, 0.1) is 0 Å². The Labute approximate surface area is 177 Å². The van der Waals surface area contributed by atoms with Crippen LogP contribution in [0.5, 0.6) is 0 Å². The molecule has 0 unspecified atom stereocenters. The van der Waals surface area contributed by atoms with Gasteiger partial charge in [-0.25, -0.2) is 4.98 Å². The minimum absolute atomic E-state index is 0.182. The third kappa shape index (κ3) is 4.78. The Bertz CT molecular complexity index is 1230. The van der Waals surface area contributed by atoms with E-state index in [9.17, 15) is 14.4 Å². The topological polar surface area (TPSA) is 121 Å². The van der Waals surface area contributed by atoms with E-state index < -0.39 is 11.8 Å². The second-order valence-electron chi connectivity index (χ2n) is 6.84. The van der Waals surface area contributed by atoms with Gasteiger partial charge in [-0.1, -0.05) is 24.3 Å². The molecule has 4 aromatic rings. The molecule has 9 nitrogen and oxygen atoms in total. The Balaban J connectivity index is 1.33. The first-order valence-corrected chi connectivity index (χ1v) is 9.62. The molecule has 2 aromatic carbocycles. The number of aromatic nitrogens is 3. The standard InChI is InChI=1S/C22H20N6O3/c29-20(8-10-28-11-9-23-14-28)25-16-5-3-4-15(12-16)21(30)26-27-22(31)18-13-24-19-7-2-1-6-17(18)19/h1-7,9,11-14,24H,8,10H2,(H,25,29)(H,26,30)(H,27,31). The molecule has 0 bridgehead atoms. The van der Waals surface area contributed by atoms with Crippen LogP contribution in [-0.2, 0) is 11.3 Å². The number of para-hydroxylation sites is 1. The molecule has 3 amide bonds. The largest absolute Gasteiger partial charge is 0.360 e. The van der Waals surface area contributed by atoms with Gasteiger partial charge in [-0.2, -0.15) is 0 Å². The second-order valence-corrected chi connectivity index (χ2v) is 6.84. The SMILES string of the molecule is O=C(CCn1ccnc1)Nc1cccc(C(=O)NNC(=O)c2c[nH]c3ccccc23)c1. The van der Waals surface area contributed by atoms with E-state index >= 15 is 0 Å². The predicted octanol–water partition coefficient (Wildman–Crippen LogP) is 2.47. The van der Waals surface area contributed by atoms with Crippen molar-refractivity contribution in [3.8, 4) is 0 Å². The van der Waals surface area contributed by atoms with Gasteiger partial charge in [0.2, 0.25) is 5.91 Å². The first-order chi connectivity index (χ1) is 15.1. The number of nitrogens with zero attached hydrogens (tertiary/aromatic N) is 2. The van der Waals surface area contributed by atoms with E-state index in [-0.39, 0.29) is 12.3 Å². The van der Waals surface area contributed by atoms with Gasteiger partial charge in [-0.15, -0.1) is 0 Å². The fourth-order valence-corrected chi connectivity index (χ4v) is 3.12. The minimum Gasteiger partial charge on any atom is -0.360 e. The van der Waals surface area contributed by atoms with Crippen molar-refractivity contribution in [2.24, 2.45) is 0 Å². The fraction of sp³-hybridized carbons (Fsp3) is 0.0909. The number of rotatable bonds is 6. The van der Waals surface area contributed by atoms with Crippen LogP contribution in [0.2, 0.25) is 0 Å². The highest BCUT2D eigenvalue weighted by atomic mass is 16.2. The zero-order valence-corrected chi connectivity index (χ0v) is 16.5. The molecule has 0 aliphatic rings. The number of hydrogen-bond donors (Lipinski definition) is 4. The number of amides is 3. The van der Waals surface area contributed by atoms with E-state index in [1.165, 1.54) is 0 Å². The normalized spacial score (nSPS) is 10.6. The van der Waals surface area contributed by atoms with Crippen LogP contribution in [0.4, 0.5) is 5.69 Å². The minimum atomic E-state index is -0.497. The number of carbonyl (C=O) groups is 3. The van der Waals surface area contributed by atoms with E-state index in [1.807, 2.05) is 24.3 Å². The molecular weight excluding hydrogens is 396 g/mol. The summed E-state index contributed by atoms with van der Waals surface area (Å²) in [5.41, 5.74) is 6.86. The Kier molecular flexibility index (Phi) is 5.75. The molecule has 2 heterocycles. The number of H-pyrrole nitrogens is 1. The molecule has 2 aromatic heterocycles. The Hall–Kier alpha value is -4.40. The molecule has 9 heteroatoms. The fourth-order valence-electron chi connectivity index (χ4n) is 3.12. The highest BCUT2D eigenvalue weighted by Gasteiger charge is 2.13. The summed E-state index contributed by atoms with van der Waals surface area (Å²) in [7, 11) is 0. The van der Waals surface area contributed by atoms with E-state index in [1.54, 1.807) is 53.8 Å². The lowest BCUT2D eigenvalue weighted by Gasteiger charge is -2.09. The molecule has 0 saturated carbocycles. The lowest BCUT2D eigenvalue weighted by atomic mass is 10.1. The third-order valence-electron chi connectivity index (χ3n) is 4.69. The predicted molar refractivity (Wildman–Crippen MR) is 115 cm³/mol. The van der Waals surface area contributed by atoms with Crippen molar-refractivity contribution in [2.75, 3.05) is 5.32 Å². The van der Waals surface area contributed by atoms with Crippen LogP contribution >= 0.6 is 0 Å². The molecule has 0 fully saturated rings. The number of anilines is 1. The van der Waals surface area contributed by atoms with Crippen LogP contribution in [0.3, 0.4) is 0 Å². The molecule has 4 N–H and O–H groups in total. The summed E-state index contributed by atoms with van der Waals surface area (Å²) in [5, 5.41) is 3.52. The van der Waals surface area contributed by atoms with Crippen molar-refractivity contribution < 1.29 is 14.4 Å². The van der Waals surface area contributed by atoms with Crippen LogP contribution in [-0.4, -0.2) is 32.3 Å². The van der Waals surface area contributed by atoms with Crippen molar-refractivity contribution in [1.29, 1.82) is 0 Å². The Morgan fingerprint density at radius 1 is 1.00 bits per heavy atom. The number of hydrazine groups is 1. The first kappa shape index (κ1) is 19.9. The van der Waals surface area contributed by atoms with Gasteiger partial charge in [0.1, 0.15) is 0 Å². The van der Waals surface area contributed by atoms with E-state index in [2.05, 4.69) is 26.1 Å². The van der Waals surface area contributed by atoms with Gasteiger partial charge in [0.15, 0.2) is 0 Å². The quantitative estimate of drug-likeness (QED) is 0.361. The molecule has 0 saturated heterocycles. The average Bonchev–Trinajstić information content (AvgIpc) is 3.46. The lowest BCUT2D eigenvalue weighted by molar-refractivity contribution is -0.116. The number of imidazole rings is 1. The smallest absolute Gasteiger partial charge is 0.271 e. The summed E-state index contributed by atoms with van der Waals surface area (Å²) >= 11 is 0. The monoisotopic (exact) mass is 416 g/mol. The summed E-state index contributed by atoms with van der Waals surface area (Å²) < 4.78 is 1.81. The number of nitrogens with one attached hydrogen (secondary N) is 4. The summed E-state index contributed by atoms with van der Waals surface area (Å²) in [6.45, 7) is 0.506. The van der Waals surface area contributed by atoms with Gasteiger partial charge in [-0.05, 0) is 24.3 Å². The van der Waals surface area contributed by atoms with Crippen LogP contribution in [0.1, 0.15) is 27.1 Å². The molecule has 31 heavy (non-hydrogen) atoms. The molecule has 0 aliphatic heterocycles.